The molecule has 3 rings (SSSR count). The van der Waals surface area contributed by atoms with E-state index in [1.807, 2.05) is 24.3 Å². The quantitative estimate of drug-likeness (QED) is 0.704. The monoisotopic (exact) mass is 303 g/mol. The van der Waals surface area contributed by atoms with E-state index in [0.29, 0.717) is 5.75 Å². The van der Waals surface area contributed by atoms with Gasteiger partial charge in [-0.2, -0.15) is 0 Å². The molecule has 3 aromatic carbocycles. The van der Waals surface area contributed by atoms with E-state index in [1.165, 1.54) is 16.7 Å². The second-order valence-corrected chi connectivity index (χ2v) is 5.70. The predicted molar refractivity (Wildman–Crippen MR) is 94.3 cm³/mol. The smallest absolute Gasteiger partial charge is 0.115 e. The van der Waals surface area contributed by atoms with Crippen molar-refractivity contribution in [2.75, 3.05) is 0 Å². The molecule has 0 aromatic heterocycles. The molecular formula is C21H21NO. The molecule has 3 aromatic rings. The molecule has 116 valence electrons. The Balaban J connectivity index is 1.76. The summed E-state index contributed by atoms with van der Waals surface area (Å²) in [6, 6.07) is 28.6. The van der Waals surface area contributed by atoms with Crippen LogP contribution in [0.25, 0.3) is 0 Å². The molecule has 0 fully saturated rings. The minimum Gasteiger partial charge on any atom is -0.508 e. The van der Waals surface area contributed by atoms with Crippen LogP contribution in [0.5, 0.6) is 5.75 Å². The molecule has 0 bridgehead atoms. The summed E-state index contributed by atoms with van der Waals surface area (Å²) in [5.41, 5.74) is 3.75. The first-order valence-electron chi connectivity index (χ1n) is 7.91. The third-order valence-electron chi connectivity index (χ3n) is 3.97. The third kappa shape index (κ3) is 4.44. The van der Waals surface area contributed by atoms with E-state index >= 15 is 0 Å². The van der Waals surface area contributed by atoms with Crippen molar-refractivity contribution in [2.24, 2.45) is 0 Å². The molecule has 0 amide bonds. The van der Waals surface area contributed by atoms with Gasteiger partial charge in [-0.1, -0.05) is 72.8 Å². The van der Waals surface area contributed by atoms with Crippen LogP contribution in [0.3, 0.4) is 0 Å². The van der Waals surface area contributed by atoms with Crippen LogP contribution in [0.2, 0.25) is 0 Å². The highest BCUT2D eigenvalue weighted by molar-refractivity contribution is 5.30. The van der Waals surface area contributed by atoms with Crippen LogP contribution < -0.4 is 5.32 Å². The van der Waals surface area contributed by atoms with Crippen molar-refractivity contribution in [3.8, 4) is 5.75 Å². The van der Waals surface area contributed by atoms with E-state index < -0.39 is 0 Å². The number of phenolic OH excluding ortho intramolecular Hbond substituents is 1. The molecule has 2 N–H and O–H groups in total. The van der Waals surface area contributed by atoms with Crippen molar-refractivity contribution < 1.29 is 5.11 Å². The maximum atomic E-state index is 9.52. The lowest BCUT2D eigenvalue weighted by Crippen LogP contribution is -2.23. The average Bonchev–Trinajstić information content (AvgIpc) is 2.61. The second kappa shape index (κ2) is 7.61. The molecule has 23 heavy (non-hydrogen) atoms. The summed E-state index contributed by atoms with van der Waals surface area (Å²) < 4.78 is 0. The van der Waals surface area contributed by atoms with E-state index in [-0.39, 0.29) is 6.04 Å². The molecule has 1 atom stereocenters. The van der Waals surface area contributed by atoms with Crippen molar-refractivity contribution in [1.82, 2.24) is 5.32 Å². The Morgan fingerprint density at radius 2 is 1.26 bits per heavy atom. The Kier molecular flexibility index (Phi) is 5.07. The van der Waals surface area contributed by atoms with Crippen molar-refractivity contribution >= 4 is 0 Å². The van der Waals surface area contributed by atoms with Gasteiger partial charge in [0.2, 0.25) is 0 Å². The minimum absolute atomic E-state index is 0.207. The second-order valence-electron chi connectivity index (χ2n) is 5.70. The van der Waals surface area contributed by atoms with Crippen molar-refractivity contribution in [2.45, 2.75) is 19.0 Å². The molecule has 0 aliphatic carbocycles. The van der Waals surface area contributed by atoms with Crippen LogP contribution in [-0.4, -0.2) is 5.11 Å². The van der Waals surface area contributed by atoms with E-state index in [9.17, 15) is 5.11 Å². The van der Waals surface area contributed by atoms with Crippen molar-refractivity contribution in [3.05, 3.63) is 102 Å². The van der Waals surface area contributed by atoms with Gasteiger partial charge in [0, 0.05) is 12.6 Å². The fraction of sp³-hybridized carbons (Fsp3) is 0.143. The number of benzene rings is 3. The van der Waals surface area contributed by atoms with Crippen molar-refractivity contribution in [3.63, 3.8) is 0 Å². The third-order valence-corrected chi connectivity index (χ3v) is 3.97. The van der Waals surface area contributed by atoms with Gasteiger partial charge < -0.3 is 10.4 Å². The number of rotatable bonds is 6. The zero-order valence-corrected chi connectivity index (χ0v) is 13.0. The summed E-state index contributed by atoms with van der Waals surface area (Å²) in [7, 11) is 0. The van der Waals surface area contributed by atoms with Crippen LogP contribution in [0.1, 0.15) is 22.7 Å². The summed E-state index contributed by atoms with van der Waals surface area (Å²) in [5.74, 6) is 0.301. The maximum Gasteiger partial charge on any atom is 0.115 e. The van der Waals surface area contributed by atoms with Gasteiger partial charge in [0.05, 0.1) is 0 Å². The molecule has 0 aliphatic heterocycles. The topological polar surface area (TPSA) is 32.3 Å². The molecule has 0 unspecified atom stereocenters. The first-order chi connectivity index (χ1) is 11.3. The Labute approximate surface area is 137 Å². The highest BCUT2D eigenvalue weighted by Crippen LogP contribution is 2.21. The normalized spacial score (nSPS) is 12.0. The lowest BCUT2D eigenvalue weighted by atomic mass is 9.98. The Morgan fingerprint density at radius 3 is 1.87 bits per heavy atom. The lowest BCUT2D eigenvalue weighted by molar-refractivity contribution is 0.473. The largest absolute Gasteiger partial charge is 0.508 e. The molecule has 0 spiro atoms. The molecule has 0 radical (unpaired) electrons. The summed E-state index contributed by atoms with van der Waals surface area (Å²) in [6.07, 6.45) is 0.915. The predicted octanol–water partition coefficient (Wildman–Crippen LogP) is 4.47. The summed E-state index contributed by atoms with van der Waals surface area (Å²) in [6.45, 7) is 0.819. The lowest BCUT2D eigenvalue weighted by Gasteiger charge is -2.20. The molecule has 0 heterocycles. The molecule has 0 saturated carbocycles. The van der Waals surface area contributed by atoms with Gasteiger partial charge >= 0.3 is 0 Å². The van der Waals surface area contributed by atoms with E-state index in [4.69, 9.17) is 0 Å². The van der Waals surface area contributed by atoms with Crippen LogP contribution in [0.4, 0.5) is 0 Å². The van der Waals surface area contributed by atoms with Crippen LogP contribution >= 0.6 is 0 Å². The molecular weight excluding hydrogens is 282 g/mol. The van der Waals surface area contributed by atoms with Gasteiger partial charge in [0.25, 0.3) is 0 Å². The SMILES string of the molecule is Oc1ccc([C@H](Cc2ccccc2)NCc2ccccc2)cc1. The minimum atomic E-state index is 0.207. The van der Waals surface area contributed by atoms with E-state index in [0.717, 1.165) is 13.0 Å². The summed E-state index contributed by atoms with van der Waals surface area (Å²) >= 11 is 0. The average molecular weight is 303 g/mol. The van der Waals surface area contributed by atoms with Crippen LogP contribution in [-0.2, 0) is 13.0 Å². The van der Waals surface area contributed by atoms with E-state index in [2.05, 4.69) is 53.8 Å². The Morgan fingerprint density at radius 1 is 0.696 bits per heavy atom. The zero-order chi connectivity index (χ0) is 15.9. The summed E-state index contributed by atoms with van der Waals surface area (Å²) in [4.78, 5) is 0. The van der Waals surface area contributed by atoms with Gasteiger partial charge in [-0.05, 0) is 35.2 Å². The van der Waals surface area contributed by atoms with Crippen LogP contribution in [0.15, 0.2) is 84.9 Å². The highest BCUT2D eigenvalue weighted by atomic mass is 16.3. The molecule has 0 aliphatic rings. The zero-order valence-electron chi connectivity index (χ0n) is 13.0. The Bertz CT molecular complexity index is 708. The fourth-order valence-electron chi connectivity index (χ4n) is 2.70. The number of nitrogens with one attached hydrogen (secondary N) is 1. The molecule has 2 nitrogen and oxygen atoms in total. The van der Waals surface area contributed by atoms with Crippen molar-refractivity contribution in [1.29, 1.82) is 0 Å². The highest BCUT2D eigenvalue weighted by Gasteiger charge is 2.12. The summed E-state index contributed by atoms with van der Waals surface area (Å²) in [5, 5.41) is 13.2. The maximum absolute atomic E-state index is 9.52. The number of aromatic hydroxyl groups is 1. The number of hydrogen-bond donors (Lipinski definition) is 2. The number of phenols is 1. The van der Waals surface area contributed by atoms with Gasteiger partial charge in [0.15, 0.2) is 0 Å². The Hall–Kier alpha value is -2.58. The van der Waals surface area contributed by atoms with Gasteiger partial charge in [0.1, 0.15) is 5.75 Å². The molecule has 0 saturated heterocycles. The standard InChI is InChI=1S/C21H21NO/c23-20-13-11-19(12-14-20)21(15-17-7-3-1-4-8-17)22-16-18-9-5-2-6-10-18/h1-14,21-23H,15-16H2/t21-/m0/s1. The van der Waals surface area contributed by atoms with Gasteiger partial charge in [-0.25, -0.2) is 0 Å². The van der Waals surface area contributed by atoms with Crippen LogP contribution in [0, 0.1) is 0 Å². The first-order valence-corrected chi connectivity index (χ1v) is 7.91. The first kappa shape index (κ1) is 15.3. The molecule has 2 heteroatoms. The van der Waals surface area contributed by atoms with Gasteiger partial charge in [-0.3, -0.25) is 0 Å². The fourth-order valence-corrected chi connectivity index (χ4v) is 2.70. The number of hydrogen-bond acceptors (Lipinski definition) is 2. The van der Waals surface area contributed by atoms with Gasteiger partial charge in [-0.15, -0.1) is 0 Å². The van der Waals surface area contributed by atoms with E-state index in [1.54, 1.807) is 12.1 Å².